The van der Waals surface area contributed by atoms with E-state index < -0.39 is 6.04 Å². The molecule has 2 aromatic carbocycles. The second-order valence-corrected chi connectivity index (χ2v) is 9.23. The Labute approximate surface area is 214 Å². The highest BCUT2D eigenvalue weighted by molar-refractivity contribution is 6.11. The van der Waals surface area contributed by atoms with Gasteiger partial charge in [0, 0.05) is 6.04 Å². The van der Waals surface area contributed by atoms with Crippen LogP contribution in [0.15, 0.2) is 58.7 Å². The summed E-state index contributed by atoms with van der Waals surface area (Å²) >= 11 is 0. The first-order valence-electron chi connectivity index (χ1n) is 12.1. The molecule has 192 valence electrons. The van der Waals surface area contributed by atoms with Gasteiger partial charge in [0.05, 0.1) is 27.0 Å². The molecule has 1 atom stereocenters. The van der Waals surface area contributed by atoms with E-state index in [1.165, 1.54) is 26.4 Å². The fraction of sp³-hybridized carbons (Fsp3) is 0.276. The summed E-state index contributed by atoms with van der Waals surface area (Å²) in [5.41, 5.74) is 4.67. The predicted molar refractivity (Wildman–Crippen MR) is 139 cm³/mol. The normalized spacial score (nSPS) is 16.6. The number of carbonyl (C=O) groups excluding carboxylic acids is 1. The van der Waals surface area contributed by atoms with Gasteiger partial charge in [0.1, 0.15) is 17.6 Å². The first-order valence-corrected chi connectivity index (χ1v) is 12.1. The quantitative estimate of drug-likeness (QED) is 0.384. The Balaban J connectivity index is 1.58. The molecule has 0 radical (unpaired) electrons. The van der Waals surface area contributed by atoms with Crippen LogP contribution in [0.5, 0.6) is 17.2 Å². The number of hydrogen-bond acceptors (Lipinski definition) is 6. The zero-order valence-electron chi connectivity index (χ0n) is 20.9. The molecule has 0 saturated heterocycles. The van der Waals surface area contributed by atoms with Crippen LogP contribution in [0.25, 0.3) is 17.2 Å². The Hall–Kier alpha value is -4.04. The molecule has 2 aliphatic carbocycles. The van der Waals surface area contributed by atoms with Gasteiger partial charge in [0.15, 0.2) is 11.5 Å². The van der Waals surface area contributed by atoms with Crippen LogP contribution in [-0.4, -0.2) is 37.3 Å². The first kappa shape index (κ1) is 24.6. The van der Waals surface area contributed by atoms with Crippen molar-refractivity contribution in [1.82, 2.24) is 10.6 Å². The van der Waals surface area contributed by atoms with Crippen LogP contribution < -0.4 is 20.1 Å². The summed E-state index contributed by atoms with van der Waals surface area (Å²) in [6, 6.07) is 11.2. The molecule has 7 nitrogen and oxygen atoms in total. The maximum Gasteiger partial charge on any atom is 0.242 e. The molecule has 1 saturated carbocycles. The van der Waals surface area contributed by atoms with E-state index in [9.17, 15) is 14.3 Å². The Kier molecular flexibility index (Phi) is 6.76. The lowest BCUT2D eigenvalue weighted by Gasteiger charge is -2.21. The van der Waals surface area contributed by atoms with E-state index in [1.807, 2.05) is 13.0 Å². The summed E-state index contributed by atoms with van der Waals surface area (Å²) in [6.07, 6.45) is 5.47. The maximum atomic E-state index is 14.5. The van der Waals surface area contributed by atoms with Gasteiger partial charge in [0.2, 0.25) is 11.7 Å². The number of benzene rings is 2. The molecule has 37 heavy (non-hydrogen) atoms. The van der Waals surface area contributed by atoms with E-state index in [1.54, 1.807) is 36.6 Å². The van der Waals surface area contributed by atoms with Gasteiger partial charge < -0.3 is 24.3 Å². The average molecular weight is 505 g/mol. The molecule has 1 amide bonds. The Morgan fingerprint density at radius 1 is 1.16 bits per heavy atom. The topological polar surface area (TPSA) is 93.0 Å². The second-order valence-electron chi connectivity index (χ2n) is 9.23. The van der Waals surface area contributed by atoms with Gasteiger partial charge in [-0.2, -0.15) is 0 Å². The fourth-order valence-corrected chi connectivity index (χ4v) is 4.71. The lowest BCUT2D eigenvalue weighted by atomic mass is 9.97. The number of amides is 1. The Morgan fingerprint density at radius 3 is 2.51 bits per heavy atom. The van der Waals surface area contributed by atoms with Gasteiger partial charge in [-0.1, -0.05) is 6.07 Å². The van der Waals surface area contributed by atoms with Crippen molar-refractivity contribution in [1.29, 1.82) is 0 Å². The number of furan rings is 1. The largest absolute Gasteiger partial charge is 0.502 e. The minimum atomic E-state index is -0.669. The van der Waals surface area contributed by atoms with Gasteiger partial charge >= 0.3 is 0 Å². The summed E-state index contributed by atoms with van der Waals surface area (Å²) in [5.74, 6) is 0.530. The van der Waals surface area contributed by atoms with E-state index in [0.29, 0.717) is 11.3 Å². The molecule has 8 heteroatoms. The number of carbonyl (C=O) groups is 1. The highest BCUT2D eigenvalue weighted by atomic mass is 19.1. The van der Waals surface area contributed by atoms with Crippen LogP contribution in [-0.2, 0) is 11.3 Å². The lowest BCUT2D eigenvalue weighted by Crippen LogP contribution is -2.45. The van der Waals surface area contributed by atoms with Gasteiger partial charge in [0.25, 0.3) is 0 Å². The van der Waals surface area contributed by atoms with Crippen LogP contribution in [0.3, 0.4) is 0 Å². The third-order valence-electron chi connectivity index (χ3n) is 6.73. The smallest absolute Gasteiger partial charge is 0.242 e. The number of allylic oxidation sites excluding steroid dienone is 2. The molecule has 1 aromatic heterocycles. The number of ether oxygens (including phenoxy) is 2. The number of nitrogens with one attached hydrogen (secondary N) is 2. The zero-order chi connectivity index (χ0) is 26.1. The number of phenols is 1. The van der Waals surface area contributed by atoms with Crippen molar-refractivity contribution >= 4 is 23.1 Å². The van der Waals surface area contributed by atoms with Crippen LogP contribution in [0.1, 0.15) is 42.2 Å². The number of methoxy groups -OCH3 is 2. The second kappa shape index (κ2) is 10.1. The summed E-state index contributed by atoms with van der Waals surface area (Å²) in [5, 5.41) is 16.7. The highest BCUT2D eigenvalue weighted by Crippen LogP contribution is 2.45. The minimum Gasteiger partial charge on any atom is -0.502 e. The van der Waals surface area contributed by atoms with Crippen molar-refractivity contribution in [3.63, 3.8) is 0 Å². The van der Waals surface area contributed by atoms with E-state index in [4.69, 9.17) is 13.9 Å². The summed E-state index contributed by atoms with van der Waals surface area (Å²) in [7, 11) is 2.94. The fourth-order valence-electron chi connectivity index (χ4n) is 4.71. The number of halogens is 1. The predicted octanol–water partition coefficient (Wildman–Crippen LogP) is 4.91. The van der Waals surface area contributed by atoms with Crippen LogP contribution in [0.4, 0.5) is 4.39 Å². The third-order valence-corrected chi connectivity index (χ3v) is 6.73. The van der Waals surface area contributed by atoms with E-state index in [-0.39, 0.29) is 41.6 Å². The highest BCUT2D eigenvalue weighted by Gasteiger charge is 2.36. The van der Waals surface area contributed by atoms with E-state index in [0.717, 1.165) is 40.7 Å². The SMILES string of the molecule is COc1cc(/C=C2/C(C)=C(C(NC3CC3)C(=O)NCc3ccco3)c3cc(F)ccc32)cc(OC)c1O. The molecule has 1 heterocycles. The van der Waals surface area contributed by atoms with E-state index >= 15 is 0 Å². The van der Waals surface area contributed by atoms with Gasteiger partial charge in [-0.25, -0.2) is 4.39 Å². The van der Waals surface area contributed by atoms with E-state index in [2.05, 4.69) is 10.6 Å². The van der Waals surface area contributed by atoms with Gasteiger partial charge in [-0.05, 0) is 95.6 Å². The molecular weight excluding hydrogens is 475 g/mol. The van der Waals surface area contributed by atoms with Crippen LogP contribution in [0, 0.1) is 5.82 Å². The number of fused-ring (bicyclic) bond motifs is 1. The van der Waals surface area contributed by atoms with Gasteiger partial charge in [-0.15, -0.1) is 0 Å². The Morgan fingerprint density at radius 2 is 1.89 bits per heavy atom. The lowest BCUT2D eigenvalue weighted by molar-refractivity contribution is -0.122. The minimum absolute atomic E-state index is 0.0871. The van der Waals surface area contributed by atoms with Crippen LogP contribution >= 0.6 is 0 Å². The van der Waals surface area contributed by atoms with Crippen molar-refractivity contribution in [2.75, 3.05) is 14.2 Å². The summed E-state index contributed by atoms with van der Waals surface area (Å²) < 4.78 is 30.5. The molecule has 2 aliphatic rings. The molecular formula is C29H29FN2O5. The van der Waals surface area contributed by atoms with Crippen molar-refractivity contribution < 1.29 is 28.2 Å². The molecule has 3 aromatic rings. The maximum absolute atomic E-state index is 14.5. The molecule has 1 unspecified atom stereocenters. The van der Waals surface area contributed by atoms with Crippen molar-refractivity contribution in [2.45, 2.75) is 38.4 Å². The third kappa shape index (κ3) is 4.97. The Bertz CT molecular complexity index is 1360. The van der Waals surface area contributed by atoms with Crippen LogP contribution in [0.2, 0.25) is 0 Å². The molecule has 1 fully saturated rings. The number of phenolic OH excluding ortho intramolecular Hbond substituents is 1. The molecule has 5 rings (SSSR count). The molecule has 0 bridgehead atoms. The molecule has 0 spiro atoms. The monoisotopic (exact) mass is 504 g/mol. The molecule has 0 aliphatic heterocycles. The number of hydrogen-bond donors (Lipinski definition) is 3. The standard InChI is InChI=1S/C29H29FN2O5/c1-16-22(11-17-12-24(35-2)28(33)25(13-17)36-3)21-9-6-18(30)14-23(21)26(16)27(32-19-7-8-19)29(34)31-15-20-5-4-10-37-20/h4-6,9-14,19,27,32-33H,7-8,15H2,1-3H3,(H,31,34)/b22-11-. The number of rotatable bonds is 9. The van der Waals surface area contributed by atoms with Crippen molar-refractivity contribution in [3.05, 3.63) is 82.6 Å². The summed E-state index contributed by atoms with van der Waals surface area (Å²) in [4.78, 5) is 13.5. The van der Waals surface area contributed by atoms with Crippen molar-refractivity contribution in [3.8, 4) is 17.2 Å². The zero-order valence-corrected chi connectivity index (χ0v) is 20.9. The van der Waals surface area contributed by atoms with Gasteiger partial charge in [-0.3, -0.25) is 10.1 Å². The first-order chi connectivity index (χ1) is 17.9. The molecule has 3 N–H and O–H groups in total. The summed E-state index contributed by atoms with van der Waals surface area (Å²) in [6.45, 7) is 2.20. The average Bonchev–Trinajstić information content (AvgIpc) is 3.48. The van der Waals surface area contributed by atoms with Crippen molar-refractivity contribution in [2.24, 2.45) is 0 Å². The number of aromatic hydroxyl groups is 1.